The van der Waals surface area contributed by atoms with E-state index in [9.17, 15) is 9.59 Å². The number of aryl methyl sites for hydroxylation is 1. The molecule has 0 atom stereocenters. The van der Waals surface area contributed by atoms with Gasteiger partial charge >= 0.3 is 6.03 Å². The number of para-hydroxylation sites is 1. The number of fused-ring (bicyclic) bond motifs is 1. The molecule has 0 unspecified atom stereocenters. The number of piperazine rings is 1. The molecule has 39 heavy (non-hydrogen) atoms. The maximum absolute atomic E-state index is 13.2. The number of hydrogen-bond acceptors (Lipinski definition) is 7. The van der Waals surface area contributed by atoms with Gasteiger partial charge in [-0.3, -0.25) is 9.78 Å². The van der Waals surface area contributed by atoms with Gasteiger partial charge in [-0.25, -0.2) is 14.8 Å². The van der Waals surface area contributed by atoms with Crippen molar-refractivity contribution in [2.75, 3.05) is 49.5 Å². The van der Waals surface area contributed by atoms with Crippen LogP contribution in [-0.2, 0) is 0 Å². The molecule has 0 spiro atoms. The van der Waals surface area contributed by atoms with Gasteiger partial charge in [-0.15, -0.1) is 11.3 Å². The quantitative estimate of drug-likeness (QED) is 0.400. The molecular formula is C29H31N7O2S. The van der Waals surface area contributed by atoms with Crippen LogP contribution in [0.4, 0.5) is 16.3 Å². The van der Waals surface area contributed by atoms with Crippen molar-refractivity contribution in [2.24, 2.45) is 0 Å². The van der Waals surface area contributed by atoms with E-state index < -0.39 is 0 Å². The molecule has 10 heteroatoms. The van der Waals surface area contributed by atoms with Crippen LogP contribution in [-0.4, -0.2) is 76.0 Å². The lowest BCUT2D eigenvalue weighted by Gasteiger charge is -2.39. The Morgan fingerprint density at radius 2 is 1.67 bits per heavy atom. The smallest absolute Gasteiger partial charge is 0.320 e. The third kappa shape index (κ3) is 5.42. The summed E-state index contributed by atoms with van der Waals surface area (Å²) in [5.41, 5.74) is 2.87. The van der Waals surface area contributed by atoms with Crippen molar-refractivity contribution in [1.29, 1.82) is 0 Å². The van der Waals surface area contributed by atoms with Crippen LogP contribution in [0, 0.1) is 6.92 Å². The number of piperidine rings is 1. The van der Waals surface area contributed by atoms with E-state index in [-0.39, 0.29) is 17.9 Å². The van der Waals surface area contributed by atoms with Gasteiger partial charge in [0.25, 0.3) is 5.91 Å². The number of thiazole rings is 1. The van der Waals surface area contributed by atoms with Crippen molar-refractivity contribution in [1.82, 2.24) is 24.8 Å². The summed E-state index contributed by atoms with van der Waals surface area (Å²) in [6, 6.07) is 15.7. The van der Waals surface area contributed by atoms with Gasteiger partial charge in [0, 0.05) is 67.8 Å². The van der Waals surface area contributed by atoms with E-state index in [1.165, 1.54) is 11.3 Å². The second kappa shape index (κ2) is 11.0. The molecule has 1 N–H and O–H groups in total. The first-order valence-electron chi connectivity index (χ1n) is 13.4. The third-order valence-electron chi connectivity index (χ3n) is 7.49. The van der Waals surface area contributed by atoms with Gasteiger partial charge in [-0.05, 0) is 44.0 Å². The highest BCUT2D eigenvalue weighted by Crippen LogP contribution is 2.31. The molecule has 5 heterocycles. The van der Waals surface area contributed by atoms with Gasteiger partial charge in [0.2, 0.25) is 0 Å². The Labute approximate surface area is 231 Å². The van der Waals surface area contributed by atoms with Crippen LogP contribution < -0.4 is 10.2 Å². The van der Waals surface area contributed by atoms with Crippen molar-refractivity contribution in [2.45, 2.75) is 25.7 Å². The number of hydrogen-bond donors (Lipinski definition) is 1. The van der Waals surface area contributed by atoms with E-state index in [0.717, 1.165) is 59.0 Å². The normalized spacial score (nSPS) is 16.5. The molecule has 4 aromatic rings. The number of amides is 3. The number of carbonyl (C=O) groups is 2. The van der Waals surface area contributed by atoms with Gasteiger partial charge in [0.05, 0.1) is 16.2 Å². The molecule has 2 saturated heterocycles. The second-order valence-electron chi connectivity index (χ2n) is 10.1. The highest BCUT2D eigenvalue weighted by Gasteiger charge is 2.30. The highest BCUT2D eigenvalue weighted by molar-refractivity contribution is 7.10. The molecule has 0 radical (unpaired) electrons. The van der Waals surface area contributed by atoms with E-state index in [0.29, 0.717) is 31.9 Å². The van der Waals surface area contributed by atoms with Crippen LogP contribution in [0.1, 0.15) is 39.9 Å². The number of rotatable bonds is 4. The lowest BCUT2D eigenvalue weighted by atomic mass is 9.98. The fourth-order valence-corrected chi connectivity index (χ4v) is 6.33. The number of urea groups is 1. The van der Waals surface area contributed by atoms with Gasteiger partial charge in [-0.2, -0.15) is 0 Å². The summed E-state index contributed by atoms with van der Waals surface area (Å²) in [6.45, 7) is 6.30. The second-order valence-corrected chi connectivity index (χ2v) is 10.9. The Bertz CT molecular complexity index is 1480. The summed E-state index contributed by atoms with van der Waals surface area (Å²) in [4.78, 5) is 46.0. The number of benzene rings is 1. The average Bonchev–Trinajstić information content (AvgIpc) is 3.48. The lowest BCUT2D eigenvalue weighted by molar-refractivity contribution is 0.102. The molecule has 2 aliphatic heterocycles. The first-order valence-corrected chi connectivity index (χ1v) is 14.3. The molecule has 0 bridgehead atoms. The average molecular weight is 542 g/mol. The van der Waals surface area contributed by atoms with Crippen LogP contribution in [0.2, 0.25) is 0 Å². The number of carbonyl (C=O) groups excluding carboxylic acids is 2. The number of anilines is 2. The minimum Gasteiger partial charge on any atom is -0.353 e. The fourth-order valence-electron chi connectivity index (χ4n) is 5.36. The molecule has 0 saturated carbocycles. The first-order chi connectivity index (χ1) is 19.0. The molecule has 9 nitrogen and oxygen atoms in total. The van der Waals surface area contributed by atoms with Gasteiger partial charge in [0.1, 0.15) is 11.5 Å². The van der Waals surface area contributed by atoms with Crippen LogP contribution >= 0.6 is 11.3 Å². The molecule has 6 rings (SSSR count). The molecule has 3 amide bonds. The lowest BCUT2D eigenvalue weighted by Crippen LogP contribution is -2.54. The third-order valence-corrected chi connectivity index (χ3v) is 8.49. The fraction of sp³-hybridized carbons (Fsp3) is 0.345. The maximum Gasteiger partial charge on any atom is 0.320 e. The Kier molecular flexibility index (Phi) is 7.10. The number of aromatic nitrogens is 3. The molecule has 2 aliphatic rings. The zero-order valence-corrected chi connectivity index (χ0v) is 22.7. The van der Waals surface area contributed by atoms with Crippen molar-refractivity contribution in [3.63, 3.8) is 0 Å². The monoisotopic (exact) mass is 541 g/mol. The molecular weight excluding hydrogens is 510 g/mol. The Morgan fingerprint density at radius 1 is 0.923 bits per heavy atom. The van der Waals surface area contributed by atoms with Crippen LogP contribution in [0.15, 0.2) is 60.1 Å². The number of likely N-dealkylation sites (tertiary alicyclic amines) is 1. The van der Waals surface area contributed by atoms with E-state index >= 15 is 0 Å². The van der Waals surface area contributed by atoms with Gasteiger partial charge < -0.3 is 20.0 Å². The zero-order valence-electron chi connectivity index (χ0n) is 21.9. The Balaban J connectivity index is 1.03. The van der Waals surface area contributed by atoms with Crippen molar-refractivity contribution in [3.8, 4) is 0 Å². The number of pyridine rings is 2. The van der Waals surface area contributed by atoms with E-state index in [1.807, 2.05) is 70.6 Å². The van der Waals surface area contributed by atoms with Crippen LogP contribution in [0.25, 0.3) is 10.9 Å². The minimum atomic E-state index is -0.217. The maximum atomic E-state index is 13.2. The van der Waals surface area contributed by atoms with E-state index in [1.54, 1.807) is 6.20 Å². The van der Waals surface area contributed by atoms with Crippen LogP contribution in [0.3, 0.4) is 0 Å². The number of nitrogens with zero attached hydrogens (tertiary/aromatic N) is 6. The summed E-state index contributed by atoms with van der Waals surface area (Å²) in [6.07, 6.45) is 3.50. The van der Waals surface area contributed by atoms with Crippen molar-refractivity contribution in [3.05, 3.63) is 76.5 Å². The van der Waals surface area contributed by atoms with E-state index in [2.05, 4.69) is 20.2 Å². The molecule has 1 aromatic carbocycles. The summed E-state index contributed by atoms with van der Waals surface area (Å²) in [7, 11) is 0. The molecule has 2 fully saturated rings. The summed E-state index contributed by atoms with van der Waals surface area (Å²) >= 11 is 1.53. The SMILES string of the molecule is Cc1cc(NC(=O)c2csc(C3CCN(C(=O)N4CCN(c5ccccn5)CC4)CC3)n2)c2ccccc2n1. The zero-order chi connectivity index (χ0) is 26.8. The largest absolute Gasteiger partial charge is 0.353 e. The highest BCUT2D eigenvalue weighted by atomic mass is 32.1. The predicted octanol–water partition coefficient (Wildman–Crippen LogP) is 4.77. The van der Waals surface area contributed by atoms with Crippen molar-refractivity contribution >= 4 is 45.7 Å². The summed E-state index contributed by atoms with van der Waals surface area (Å²) < 4.78 is 0. The molecule has 3 aromatic heterocycles. The summed E-state index contributed by atoms with van der Waals surface area (Å²) in [5.74, 6) is 1.00. The van der Waals surface area contributed by atoms with Gasteiger partial charge in [0.15, 0.2) is 0 Å². The van der Waals surface area contributed by atoms with Gasteiger partial charge in [-0.1, -0.05) is 24.3 Å². The topological polar surface area (TPSA) is 94.6 Å². The Morgan fingerprint density at radius 3 is 2.44 bits per heavy atom. The van der Waals surface area contributed by atoms with E-state index in [4.69, 9.17) is 4.98 Å². The minimum absolute atomic E-state index is 0.119. The van der Waals surface area contributed by atoms with Crippen LogP contribution in [0.5, 0.6) is 0 Å². The Hall–Kier alpha value is -4.05. The standard InChI is InChI=1S/C29H31N7O2S/c1-20-18-24(22-6-2-3-7-23(22)31-20)32-27(37)25-19-39-28(33-25)21-9-12-35(13-10-21)29(38)36-16-14-34(15-17-36)26-8-4-5-11-30-26/h2-8,11,18-19,21H,9-10,12-17H2,1H3,(H,31,32,37). The predicted molar refractivity (Wildman–Crippen MR) is 154 cm³/mol. The van der Waals surface area contributed by atoms with Crippen molar-refractivity contribution < 1.29 is 9.59 Å². The molecule has 0 aliphatic carbocycles. The summed E-state index contributed by atoms with van der Waals surface area (Å²) in [5, 5.41) is 6.73. The number of nitrogens with one attached hydrogen (secondary N) is 1. The molecule has 200 valence electrons. The first kappa shape index (κ1) is 25.2.